The van der Waals surface area contributed by atoms with Gasteiger partial charge in [-0.05, 0) is 31.9 Å². The molecule has 8 heteroatoms. The van der Waals surface area contributed by atoms with Gasteiger partial charge in [0.2, 0.25) is 0 Å². The topological polar surface area (TPSA) is 73.2 Å². The van der Waals surface area contributed by atoms with Crippen LogP contribution in [0.25, 0.3) is 0 Å². The number of halogens is 2. The number of hydrogen-bond donors (Lipinski definition) is 1. The van der Waals surface area contributed by atoms with E-state index in [0.29, 0.717) is 15.5 Å². The number of nitrogens with zero attached hydrogens (tertiary/aromatic N) is 2. The van der Waals surface area contributed by atoms with Crippen LogP contribution in [0.5, 0.6) is 0 Å². The molecule has 0 spiro atoms. The van der Waals surface area contributed by atoms with Gasteiger partial charge in [-0.15, -0.1) is 0 Å². The SMILES string of the molecule is O=C1NCC(Cn2ncc(Br)c(Br)c2=O)O1. The molecule has 1 atom stereocenters. The molecule has 1 aromatic rings. The van der Waals surface area contributed by atoms with Crippen LogP contribution in [-0.2, 0) is 11.3 Å². The molecule has 0 aromatic carbocycles. The molecule has 1 unspecified atom stereocenters. The average Bonchev–Trinajstić information content (AvgIpc) is 2.65. The summed E-state index contributed by atoms with van der Waals surface area (Å²) in [4.78, 5) is 22.5. The summed E-state index contributed by atoms with van der Waals surface area (Å²) in [5.41, 5.74) is -0.266. The Bertz CT molecular complexity index is 488. The lowest BCUT2D eigenvalue weighted by atomic mass is 10.3. The highest BCUT2D eigenvalue weighted by Gasteiger charge is 2.23. The lowest BCUT2D eigenvalue weighted by Crippen LogP contribution is -2.30. The summed E-state index contributed by atoms with van der Waals surface area (Å²) in [6.45, 7) is 0.629. The second-order valence-corrected chi connectivity index (χ2v) is 4.85. The third-order valence-corrected chi connectivity index (χ3v) is 3.97. The van der Waals surface area contributed by atoms with Crippen molar-refractivity contribution in [3.63, 3.8) is 0 Å². The van der Waals surface area contributed by atoms with Crippen LogP contribution in [0.3, 0.4) is 0 Å². The first-order valence-electron chi connectivity index (χ1n) is 4.43. The van der Waals surface area contributed by atoms with Crippen molar-refractivity contribution >= 4 is 38.0 Å². The molecule has 0 bridgehead atoms. The van der Waals surface area contributed by atoms with E-state index in [1.807, 2.05) is 0 Å². The minimum absolute atomic E-state index is 0.240. The van der Waals surface area contributed by atoms with Gasteiger partial charge in [-0.1, -0.05) is 0 Å². The minimum atomic E-state index is -0.464. The number of alkyl carbamates (subject to hydrolysis) is 1. The molecule has 1 amide bonds. The number of nitrogens with one attached hydrogen (secondary N) is 1. The Morgan fingerprint density at radius 1 is 1.56 bits per heavy atom. The Balaban J connectivity index is 2.19. The van der Waals surface area contributed by atoms with E-state index in [-0.39, 0.29) is 18.2 Å². The van der Waals surface area contributed by atoms with E-state index in [9.17, 15) is 9.59 Å². The van der Waals surface area contributed by atoms with Crippen LogP contribution in [0.4, 0.5) is 4.79 Å². The number of hydrogen-bond acceptors (Lipinski definition) is 4. The van der Waals surface area contributed by atoms with Crippen LogP contribution in [0.15, 0.2) is 19.9 Å². The summed E-state index contributed by atoms with van der Waals surface area (Å²) in [6, 6.07) is 0. The van der Waals surface area contributed by atoms with Gasteiger partial charge in [-0.3, -0.25) is 4.79 Å². The standard InChI is InChI=1S/C8H7Br2N3O3/c9-5-2-12-13(7(14)6(5)10)3-4-1-11-8(15)16-4/h2,4H,1,3H2,(H,11,15). The predicted octanol–water partition coefficient (Wildman–Crippen LogP) is 0.877. The Kier molecular flexibility index (Phi) is 3.29. The van der Waals surface area contributed by atoms with Crippen LogP contribution in [0, 0.1) is 0 Å². The van der Waals surface area contributed by atoms with E-state index in [2.05, 4.69) is 42.3 Å². The molecule has 2 rings (SSSR count). The Morgan fingerprint density at radius 3 is 2.94 bits per heavy atom. The largest absolute Gasteiger partial charge is 0.442 e. The molecule has 0 radical (unpaired) electrons. The molecule has 0 saturated carbocycles. The van der Waals surface area contributed by atoms with Gasteiger partial charge < -0.3 is 10.1 Å². The fraction of sp³-hybridized carbons (Fsp3) is 0.375. The van der Waals surface area contributed by atoms with Crippen molar-refractivity contribution in [2.75, 3.05) is 6.54 Å². The maximum atomic E-state index is 11.7. The van der Waals surface area contributed by atoms with Crippen molar-refractivity contribution in [3.8, 4) is 0 Å². The van der Waals surface area contributed by atoms with Crippen LogP contribution in [0.2, 0.25) is 0 Å². The highest BCUT2D eigenvalue weighted by atomic mass is 79.9. The minimum Gasteiger partial charge on any atom is -0.442 e. The van der Waals surface area contributed by atoms with E-state index < -0.39 is 6.09 Å². The number of aromatic nitrogens is 2. The van der Waals surface area contributed by atoms with E-state index in [1.54, 1.807) is 0 Å². The smallest absolute Gasteiger partial charge is 0.407 e. The molecule has 86 valence electrons. The molecule has 1 N–H and O–H groups in total. The third kappa shape index (κ3) is 2.27. The first-order valence-corrected chi connectivity index (χ1v) is 6.02. The van der Waals surface area contributed by atoms with Crippen molar-refractivity contribution in [2.24, 2.45) is 0 Å². The van der Waals surface area contributed by atoms with Gasteiger partial charge in [0.25, 0.3) is 5.56 Å². The Morgan fingerprint density at radius 2 is 2.31 bits per heavy atom. The number of amides is 1. The van der Waals surface area contributed by atoms with Crippen LogP contribution < -0.4 is 10.9 Å². The maximum absolute atomic E-state index is 11.7. The normalized spacial score (nSPS) is 19.4. The van der Waals surface area contributed by atoms with Gasteiger partial charge in [0, 0.05) is 0 Å². The van der Waals surface area contributed by atoms with Crippen molar-refractivity contribution in [1.82, 2.24) is 15.1 Å². The van der Waals surface area contributed by atoms with E-state index in [0.717, 1.165) is 0 Å². The van der Waals surface area contributed by atoms with Crippen LogP contribution >= 0.6 is 31.9 Å². The molecule has 16 heavy (non-hydrogen) atoms. The maximum Gasteiger partial charge on any atom is 0.407 e. The van der Waals surface area contributed by atoms with Gasteiger partial charge >= 0.3 is 6.09 Å². The highest BCUT2D eigenvalue weighted by Crippen LogP contribution is 2.16. The van der Waals surface area contributed by atoms with Gasteiger partial charge in [-0.2, -0.15) is 5.10 Å². The van der Waals surface area contributed by atoms with Crippen molar-refractivity contribution in [1.29, 1.82) is 0 Å². The third-order valence-electron chi connectivity index (χ3n) is 2.07. The first kappa shape index (κ1) is 11.6. The molecule has 1 aliphatic rings. The van der Waals surface area contributed by atoms with Crippen LogP contribution in [0.1, 0.15) is 0 Å². The Hall–Kier alpha value is -0.890. The van der Waals surface area contributed by atoms with Gasteiger partial charge in [0.1, 0.15) is 10.6 Å². The molecule has 0 aliphatic carbocycles. The summed E-state index contributed by atoms with van der Waals surface area (Å²) >= 11 is 6.33. The quantitative estimate of drug-likeness (QED) is 0.857. The predicted molar refractivity (Wildman–Crippen MR) is 62.2 cm³/mol. The monoisotopic (exact) mass is 351 g/mol. The average molecular weight is 353 g/mol. The summed E-state index contributed by atoms with van der Waals surface area (Å²) in [6.07, 6.45) is 0.690. The van der Waals surface area contributed by atoms with Crippen molar-refractivity contribution in [2.45, 2.75) is 12.6 Å². The van der Waals surface area contributed by atoms with Crippen LogP contribution in [-0.4, -0.2) is 28.5 Å². The molecule has 1 aromatic heterocycles. The summed E-state index contributed by atoms with van der Waals surface area (Å²) < 4.78 is 7.16. The molecule has 1 fully saturated rings. The molecular formula is C8H7Br2N3O3. The number of cyclic esters (lactones) is 1. The highest BCUT2D eigenvalue weighted by molar-refractivity contribution is 9.13. The van der Waals surface area contributed by atoms with Gasteiger partial charge in [-0.25, -0.2) is 9.48 Å². The summed E-state index contributed by atoms with van der Waals surface area (Å²) in [5, 5.41) is 6.45. The second-order valence-electron chi connectivity index (χ2n) is 3.20. The zero-order valence-corrected chi connectivity index (χ0v) is 11.1. The number of ether oxygens (including phenoxy) is 1. The van der Waals surface area contributed by atoms with Crippen molar-refractivity contribution in [3.05, 3.63) is 25.5 Å². The van der Waals surface area contributed by atoms with Crippen molar-refractivity contribution < 1.29 is 9.53 Å². The zero-order valence-electron chi connectivity index (χ0n) is 7.94. The molecule has 2 heterocycles. The molecular weight excluding hydrogens is 346 g/mol. The zero-order chi connectivity index (χ0) is 11.7. The molecule has 1 aliphatic heterocycles. The lowest BCUT2D eigenvalue weighted by Gasteiger charge is -2.09. The van der Waals surface area contributed by atoms with E-state index >= 15 is 0 Å². The first-order chi connectivity index (χ1) is 7.58. The van der Waals surface area contributed by atoms with E-state index in [1.165, 1.54) is 10.9 Å². The summed E-state index contributed by atoms with van der Waals surface area (Å²) in [7, 11) is 0. The second kappa shape index (κ2) is 4.54. The number of rotatable bonds is 2. The number of carbonyl (C=O) groups excluding carboxylic acids is 1. The fourth-order valence-electron chi connectivity index (χ4n) is 1.30. The fourth-order valence-corrected chi connectivity index (χ4v) is 1.87. The summed E-state index contributed by atoms with van der Waals surface area (Å²) in [5.74, 6) is 0. The lowest BCUT2D eigenvalue weighted by molar-refractivity contribution is 0.127. The molecule has 1 saturated heterocycles. The number of carbonyl (C=O) groups is 1. The van der Waals surface area contributed by atoms with Gasteiger partial charge in [0.15, 0.2) is 0 Å². The van der Waals surface area contributed by atoms with Gasteiger partial charge in [0.05, 0.1) is 23.8 Å². The van der Waals surface area contributed by atoms with E-state index in [4.69, 9.17) is 4.74 Å². The Labute approximate surface area is 107 Å². The molecule has 6 nitrogen and oxygen atoms in total.